The number of allylic oxidation sites excluding steroid dienone is 8. The zero-order valence-corrected chi connectivity index (χ0v) is 53.9. The van der Waals surface area contributed by atoms with E-state index < -0.39 is 6.10 Å². The molecule has 0 spiro atoms. The third kappa shape index (κ3) is 66.2. The normalized spacial score (nSPS) is 12.3. The Kier molecular flexibility index (Phi) is 66.6. The summed E-state index contributed by atoms with van der Waals surface area (Å²) in [5.74, 6) is -0.872. The number of hydrogen-bond donors (Lipinski definition) is 0. The lowest BCUT2D eigenvalue weighted by molar-refractivity contribution is -0.167. The Balaban J connectivity index is 4.31. The first-order valence-corrected chi connectivity index (χ1v) is 35.6. The highest BCUT2D eigenvalue weighted by Crippen LogP contribution is 2.18. The second-order valence-corrected chi connectivity index (χ2v) is 24.1. The van der Waals surface area contributed by atoms with Crippen molar-refractivity contribution in [1.29, 1.82) is 0 Å². The molecule has 0 aliphatic rings. The first-order chi connectivity index (χ1) is 39.5. The summed E-state index contributed by atoms with van der Waals surface area (Å²) < 4.78 is 17.0. The highest BCUT2D eigenvalue weighted by Gasteiger charge is 2.19. The summed E-state index contributed by atoms with van der Waals surface area (Å²) in [5, 5.41) is 0. The minimum Gasteiger partial charge on any atom is -0.462 e. The molecule has 6 nitrogen and oxygen atoms in total. The van der Waals surface area contributed by atoms with Gasteiger partial charge in [-0.25, -0.2) is 0 Å². The predicted octanol–water partition coefficient (Wildman–Crippen LogP) is 24.5. The molecule has 0 saturated heterocycles. The maximum absolute atomic E-state index is 13.0. The van der Waals surface area contributed by atoms with Crippen LogP contribution >= 0.6 is 0 Å². The van der Waals surface area contributed by atoms with Crippen LogP contribution < -0.4 is 0 Å². The fourth-order valence-corrected chi connectivity index (χ4v) is 10.7. The van der Waals surface area contributed by atoms with Gasteiger partial charge in [-0.1, -0.05) is 333 Å². The van der Waals surface area contributed by atoms with Gasteiger partial charge in [0.15, 0.2) is 6.10 Å². The highest BCUT2D eigenvalue weighted by atomic mass is 16.6. The van der Waals surface area contributed by atoms with Gasteiger partial charge in [0.1, 0.15) is 13.2 Å². The van der Waals surface area contributed by atoms with E-state index in [1.54, 1.807) is 0 Å². The molecule has 0 bridgehead atoms. The molecule has 0 saturated carbocycles. The van der Waals surface area contributed by atoms with E-state index in [0.29, 0.717) is 19.3 Å². The van der Waals surface area contributed by atoms with Gasteiger partial charge >= 0.3 is 17.9 Å². The molecule has 6 heteroatoms. The van der Waals surface area contributed by atoms with Gasteiger partial charge in [0.05, 0.1) is 0 Å². The standard InChI is InChI=1S/C74H136O6/c1-4-7-10-13-16-19-22-25-28-31-33-35-36-37-38-40-41-43-46-49-52-55-58-61-64-67-73(76)79-70-71(69-78-72(75)66-63-60-57-54-51-48-45-30-27-24-21-18-15-12-9-6-3)80-74(77)68-65-62-59-56-53-50-47-44-42-39-34-32-29-26-23-20-17-14-11-8-5-2/h23,26,30,32,34,42,44-45,71H,4-22,24-25,27-29,31,33,35-41,43,46-70H2,1-3H3/b26-23-,34-32-,44-42-,45-30-. The van der Waals surface area contributed by atoms with Crippen molar-refractivity contribution >= 4 is 17.9 Å². The van der Waals surface area contributed by atoms with Gasteiger partial charge in [0.25, 0.3) is 0 Å². The topological polar surface area (TPSA) is 78.9 Å². The molecule has 80 heavy (non-hydrogen) atoms. The third-order valence-electron chi connectivity index (χ3n) is 16.1. The smallest absolute Gasteiger partial charge is 0.306 e. The van der Waals surface area contributed by atoms with Crippen molar-refractivity contribution in [2.75, 3.05) is 13.2 Å². The summed E-state index contributed by atoms with van der Waals surface area (Å²) in [6, 6.07) is 0. The first kappa shape index (κ1) is 77.4. The van der Waals surface area contributed by atoms with Crippen LogP contribution in [-0.2, 0) is 28.6 Å². The lowest BCUT2D eigenvalue weighted by atomic mass is 10.0. The largest absolute Gasteiger partial charge is 0.462 e. The fourth-order valence-electron chi connectivity index (χ4n) is 10.7. The number of hydrogen-bond acceptors (Lipinski definition) is 6. The number of esters is 3. The predicted molar refractivity (Wildman–Crippen MR) is 349 cm³/mol. The molecule has 0 radical (unpaired) electrons. The third-order valence-corrected chi connectivity index (χ3v) is 16.1. The molecule has 0 heterocycles. The number of unbranched alkanes of at least 4 members (excludes halogenated alkanes) is 47. The van der Waals surface area contributed by atoms with Gasteiger partial charge in [-0.15, -0.1) is 0 Å². The average molecular weight is 1120 g/mol. The molecule has 0 aromatic rings. The van der Waals surface area contributed by atoms with Crippen molar-refractivity contribution in [1.82, 2.24) is 0 Å². The zero-order valence-electron chi connectivity index (χ0n) is 53.9. The Labute approximate surface area is 498 Å². The Bertz CT molecular complexity index is 1380. The molecule has 0 amide bonds. The van der Waals surface area contributed by atoms with E-state index in [9.17, 15) is 14.4 Å². The molecule has 0 aromatic heterocycles. The summed E-state index contributed by atoms with van der Waals surface area (Å²) in [6.07, 6.45) is 87.1. The summed E-state index contributed by atoms with van der Waals surface area (Å²) in [7, 11) is 0. The van der Waals surface area contributed by atoms with Gasteiger partial charge in [0, 0.05) is 19.3 Å². The molecule has 1 unspecified atom stereocenters. The van der Waals surface area contributed by atoms with Crippen molar-refractivity contribution in [3.8, 4) is 0 Å². The molecular weight excluding hydrogens is 985 g/mol. The molecule has 1 atom stereocenters. The minimum absolute atomic E-state index is 0.0772. The van der Waals surface area contributed by atoms with Crippen molar-refractivity contribution in [2.24, 2.45) is 0 Å². The number of ether oxygens (including phenoxy) is 3. The Morgan fingerprint density at radius 1 is 0.250 bits per heavy atom. The quantitative estimate of drug-likeness (QED) is 0.0261. The highest BCUT2D eigenvalue weighted by molar-refractivity contribution is 5.71. The molecule has 468 valence electrons. The summed E-state index contributed by atoms with van der Waals surface area (Å²) in [4.78, 5) is 38.5. The molecule has 0 N–H and O–H groups in total. The minimum atomic E-state index is -0.784. The van der Waals surface area contributed by atoms with E-state index in [-0.39, 0.29) is 31.1 Å². The van der Waals surface area contributed by atoms with Crippen LogP contribution in [0.25, 0.3) is 0 Å². The van der Waals surface area contributed by atoms with Crippen LogP contribution in [0.1, 0.15) is 387 Å². The summed E-state index contributed by atoms with van der Waals surface area (Å²) >= 11 is 0. The van der Waals surface area contributed by atoms with Gasteiger partial charge in [0.2, 0.25) is 0 Å². The van der Waals surface area contributed by atoms with Crippen molar-refractivity contribution < 1.29 is 28.6 Å². The lowest BCUT2D eigenvalue weighted by Crippen LogP contribution is -2.30. The van der Waals surface area contributed by atoms with E-state index >= 15 is 0 Å². The maximum Gasteiger partial charge on any atom is 0.306 e. The number of rotatable bonds is 66. The molecule has 0 rings (SSSR count). The molecule has 0 aromatic carbocycles. The average Bonchev–Trinajstić information content (AvgIpc) is 3.46. The van der Waals surface area contributed by atoms with Crippen molar-refractivity contribution in [3.05, 3.63) is 48.6 Å². The number of carbonyl (C=O) groups excluding carboxylic acids is 3. The fraction of sp³-hybridized carbons (Fsp3) is 0.851. The van der Waals surface area contributed by atoms with Gasteiger partial charge in [-0.05, 0) is 83.5 Å². The van der Waals surface area contributed by atoms with Crippen molar-refractivity contribution in [2.45, 2.75) is 393 Å². The van der Waals surface area contributed by atoms with Gasteiger partial charge < -0.3 is 14.2 Å². The second-order valence-electron chi connectivity index (χ2n) is 24.1. The van der Waals surface area contributed by atoms with Crippen LogP contribution in [-0.4, -0.2) is 37.2 Å². The van der Waals surface area contributed by atoms with E-state index in [4.69, 9.17) is 14.2 Å². The van der Waals surface area contributed by atoms with E-state index in [1.807, 2.05) is 0 Å². The molecule has 0 aliphatic carbocycles. The Morgan fingerprint density at radius 2 is 0.450 bits per heavy atom. The second kappa shape index (κ2) is 68.9. The summed E-state index contributed by atoms with van der Waals surface area (Å²) in [5.41, 5.74) is 0. The number of carbonyl (C=O) groups is 3. The van der Waals surface area contributed by atoms with Gasteiger partial charge in [-0.3, -0.25) is 14.4 Å². The van der Waals surface area contributed by atoms with Crippen LogP contribution in [0.3, 0.4) is 0 Å². The molecule has 0 fully saturated rings. The van der Waals surface area contributed by atoms with E-state index in [0.717, 1.165) is 83.5 Å². The zero-order chi connectivity index (χ0) is 57.8. The van der Waals surface area contributed by atoms with Crippen LogP contribution in [0.5, 0.6) is 0 Å². The molecular formula is C74H136O6. The molecule has 0 aliphatic heterocycles. The van der Waals surface area contributed by atoms with Crippen LogP contribution in [0.4, 0.5) is 0 Å². The van der Waals surface area contributed by atoms with Crippen LogP contribution in [0.2, 0.25) is 0 Å². The summed E-state index contributed by atoms with van der Waals surface area (Å²) in [6.45, 7) is 6.68. The Hall–Kier alpha value is -2.63. The van der Waals surface area contributed by atoms with Crippen LogP contribution in [0.15, 0.2) is 48.6 Å². The van der Waals surface area contributed by atoms with Crippen LogP contribution in [0, 0.1) is 0 Å². The van der Waals surface area contributed by atoms with Crippen molar-refractivity contribution in [3.63, 3.8) is 0 Å². The Morgan fingerprint density at radius 3 is 0.713 bits per heavy atom. The monoisotopic (exact) mass is 1120 g/mol. The SMILES string of the molecule is CCCCCCC/C=C\C/C=C\C/C=C\CCCCCCCCC(=O)OC(COC(=O)CCCCCCC/C=C\CCCCCCCCC)COC(=O)CCCCCCCCCCCCCCCCCCCCCCCCCCC. The van der Waals surface area contributed by atoms with E-state index in [1.165, 1.54) is 263 Å². The van der Waals surface area contributed by atoms with E-state index in [2.05, 4.69) is 69.4 Å². The first-order valence-electron chi connectivity index (χ1n) is 35.6. The lowest BCUT2D eigenvalue weighted by Gasteiger charge is -2.18. The van der Waals surface area contributed by atoms with Gasteiger partial charge in [-0.2, -0.15) is 0 Å². The maximum atomic E-state index is 13.0.